The van der Waals surface area contributed by atoms with E-state index in [2.05, 4.69) is 36.2 Å². The highest BCUT2D eigenvalue weighted by Crippen LogP contribution is 2.16. The van der Waals surface area contributed by atoms with E-state index in [1.807, 2.05) is 19.1 Å². The molecule has 0 spiro atoms. The molecule has 17 heavy (non-hydrogen) atoms. The van der Waals surface area contributed by atoms with Crippen molar-refractivity contribution in [2.24, 2.45) is 0 Å². The van der Waals surface area contributed by atoms with E-state index in [0.29, 0.717) is 6.61 Å². The first kappa shape index (κ1) is 11.6. The van der Waals surface area contributed by atoms with Gasteiger partial charge in [-0.1, -0.05) is 31.2 Å². The van der Waals surface area contributed by atoms with E-state index in [0.717, 1.165) is 17.9 Å². The monoisotopic (exact) mass is 227 g/mol. The Morgan fingerprint density at radius 3 is 2.71 bits per heavy atom. The predicted octanol–water partition coefficient (Wildman–Crippen LogP) is 3.53. The van der Waals surface area contributed by atoms with Gasteiger partial charge in [-0.15, -0.1) is 0 Å². The van der Waals surface area contributed by atoms with Gasteiger partial charge in [-0.05, 0) is 36.6 Å². The lowest BCUT2D eigenvalue weighted by Crippen LogP contribution is -1.98. The standard InChI is InChI=1S/C15H17NO/c1-3-13-6-4-7-14(10-13)11-17-15-8-5-9-16-12(15)2/h4-10H,3,11H2,1-2H3. The zero-order valence-corrected chi connectivity index (χ0v) is 10.3. The highest BCUT2D eigenvalue weighted by molar-refractivity contribution is 5.27. The van der Waals surface area contributed by atoms with Crippen LogP contribution in [0.25, 0.3) is 0 Å². The van der Waals surface area contributed by atoms with E-state index in [9.17, 15) is 0 Å². The molecule has 0 aliphatic carbocycles. The molecule has 2 aromatic rings. The number of hydrogen-bond acceptors (Lipinski definition) is 2. The Kier molecular flexibility index (Phi) is 3.76. The predicted molar refractivity (Wildman–Crippen MR) is 69.1 cm³/mol. The van der Waals surface area contributed by atoms with Crippen molar-refractivity contribution in [3.05, 3.63) is 59.4 Å². The Morgan fingerprint density at radius 1 is 1.12 bits per heavy atom. The topological polar surface area (TPSA) is 22.1 Å². The average molecular weight is 227 g/mol. The van der Waals surface area contributed by atoms with E-state index < -0.39 is 0 Å². The van der Waals surface area contributed by atoms with E-state index in [1.54, 1.807) is 6.20 Å². The first-order chi connectivity index (χ1) is 8.29. The molecule has 2 nitrogen and oxygen atoms in total. The summed E-state index contributed by atoms with van der Waals surface area (Å²) in [6.45, 7) is 4.71. The summed E-state index contributed by atoms with van der Waals surface area (Å²) in [7, 11) is 0. The lowest BCUT2D eigenvalue weighted by Gasteiger charge is -2.08. The summed E-state index contributed by atoms with van der Waals surface area (Å²) < 4.78 is 5.76. The number of benzene rings is 1. The van der Waals surface area contributed by atoms with Crippen LogP contribution in [0.15, 0.2) is 42.6 Å². The summed E-state index contributed by atoms with van der Waals surface area (Å²) in [4.78, 5) is 4.20. The molecule has 0 aliphatic rings. The normalized spacial score (nSPS) is 10.2. The van der Waals surface area contributed by atoms with Crippen LogP contribution in [-0.4, -0.2) is 4.98 Å². The maximum Gasteiger partial charge on any atom is 0.141 e. The zero-order valence-electron chi connectivity index (χ0n) is 10.3. The highest BCUT2D eigenvalue weighted by Gasteiger charge is 2.00. The number of ether oxygens (including phenoxy) is 1. The first-order valence-corrected chi connectivity index (χ1v) is 5.92. The van der Waals surface area contributed by atoms with Crippen molar-refractivity contribution < 1.29 is 4.74 Å². The molecule has 1 aromatic heterocycles. The van der Waals surface area contributed by atoms with Crippen molar-refractivity contribution in [3.8, 4) is 5.75 Å². The Hall–Kier alpha value is -1.83. The Morgan fingerprint density at radius 2 is 1.94 bits per heavy atom. The molecule has 0 N–H and O–H groups in total. The average Bonchev–Trinajstić information content (AvgIpc) is 2.38. The fourth-order valence-electron chi connectivity index (χ4n) is 1.72. The molecule has 2 rings (SSSR count). The number of pyridine rings is 1. The van der Waals surface area contributed by atoms with Crippen LogP contribution < -0.4 is 4.74 Å². The number of hydrogen-bond donors (Lipinski definition) is 0. The van der Waals surface area contributed by atoms with Gasteiger partial charge in [0.2, 0.25) is 0 Å². The van der Waals surface area contributed by atoms with Gasteiger partial charge in [-0.3, -0.25) is 4.98 Å². The van der Waals surface area contributed by atoms with Crippen molar-refractivity contribution in [1.82, 2.24) is 4.98 Å². The van der Waals surface area contributed by atoms with Gasteiger partial charge < -0.3 is 4.74 Å². The minimum absolute atomic E-state index is 0.598. The minimum Gasteiger partial charge on any atom is -0.487 e. The molecule has 0 atom stereocenters. The minimum atomic E-state index is 0.598. The van der Waals surface area contributed by atoms with Crippen molar-refractivity contribution >= 4 is 0 Å². The van der Waals surface area contributed by atoms with E-state index in [1.165, 1.54) is 11.1 Å². The van der Waals surface area contributed by atoms with Crippen LogP contribution in [0.3, 0.4) is 0 Å². The van der Waals surface area contributed by atoms with Gasteiger partial charge in [0.25, 0.3) is 0 Å². The highest BCUT2D eigenvalue weighted by atomic mass is 16.5. The van der Waals surface area contributed by atoms with Gasteiger partial charge in [0.15, 0.2) is 0 Å². The van der Waals surface area contributed by atoms with Gasteiger partial charge in [-0.2, -0.15) is 0 Å². The van der Waals surface area contributed by atoms with E-state index in [4.69, 9.17) is 4.74 Å². The van der Waals surface area contributed by atoms with Gasteiger partial charge in [0.05, 0.1) is 5.69 Å². The number of nitrogens with zero attached hydrogens (tertiary/aromatic N) is 1. The zero-order chi connectivity index (χ0) is 12.1. The molecule has 0 fully saturated rings. The third-order valence-electron chi connectivity index (χ3n) is 2.75. The van der Waals surface area contributed by atoms with Crippen molar-refractivity contribution in [2.45, 2.75) is 26.9 Å². The summed E-state index contributed by atoms with van der Waals surface area (Å²) in [5, 5.41) is 0. The Labute approximate surface area is 102 Å². The Bertz CT molecular complexity index is 494. The quantitative estimate of drug-likeness (QED) is 0.797. The molecule has 88 valence electrons. The lowest BCUT2D eigenvalue weighted by molar-refractivity contribution is 0.302. The maximum atomic E-state index is 5.76. The van der Waals surface area contributed by atoms with Crippen LogP contribution in [0.1, 0.15) is 23.7 Å². The fourth-order valence-corrected chi connectivity index (χ4v) is 1.72. The number of aromatic nitrogens is 1. The molecule has 1 aromatic carbocycles. The molecule has 0 bridgehead atoms. The molecular weight excluding hydrogens is 210 g/mol. The SMILES string of the molecule is CCc1cccc(COc2cccnc2C)c1. The summed E-state index contributed by atoms with van der Waals surface area (Å²) in [5.41, 5.74) is 3.47. The van der Waals surface area contributed by atoms with E-state index >= 15 is 0 Å². The van der Waals surface area contributed by atoms with Gasteiger partial charge >= 0.3 is 0 Å². The summed E-state index contributed by atoms with van der Waals surface area (Å²) in [6.07, 6.45) is 2.83. The van der Waals surface area contributed by atoms with Gasteiger partial charge in [-0.25, -0.2) is 0 Å². The van der Waals surface area contributed by atoms with Crippen molar-refractivity contribution in [3.63, 3.8) is 0 Å². The van der Waals surface area contributed by atoms with Crippen LogP contribution in [0.4, 0.5) is 0 Å². The molecule has 0 saturated heterocycles. The molecule has 0 radical (unpaired) electrons. The second kappa shape index (κ2) is 5.48. The van der Waals surface area contributed by atoms with Crippen LogP contribution >= 0.6 is 0 Å². The Balaban J connectivity index is 2.05. The van der Waals surface area contributed by atoms with Crippen LogP contribution in [0, 0.1) is 6.92 Å². The first-order valence-electron chi connectivity index (χ1n) is 5.92. The van der Waals surface area contributed by atoms with E-state index in [-0.39, 0.29) is 0 Å². The molecule has 0 aliphatic heterocycles. The van der Waals surface area contributed by atoms with Gasteiger partial charge in [0, 0.05) is 6.20 Å². The largest absolute Gasteiger partial charge is 0.487 e. The molecular formula is C15H17NO. The smallest absolute Gasteiger partial charge is 0.141 e. The summed E-state index contributed by atoms with van der Waals surface area (Å²) in [5.74, 6) is 0.856. The molecule has 0 unspecified atom stereocenters. The second-order valence-electron chi connectivity index (χ2n) is 4.05. The third-order valence-corrected chi connectivity index (χ3v) is 2.75. The fraction of sp³-hybridized carbons (Fsp3) is 0.267. The third kappa shape index (κ3) is 3.06. The summed E-state index contributed by atoms with van der Waals surface area (Å²) >= 11 is 0. The van der Waals surface area contributed by atoms with Crippen LogP contribution in [0.2, 0.25) is 0 Å². The molecule has 0 amide bonds. The maximum absolute atomic E-state index is 5.76. The molecule has 2 heteroatoms. The van der Waals surface area contributed by atoms with Gasteiger partial charge in [0.1, 0.15) is 12.4 Å². The van der Waals surface area contributed by atoms with Crippen molar-refractivity contribution in [1.29, 1.82) is 0 Å². The summed E-state index contributed by atoms with van der Waals surface area (Å²) in [6, 6.07) is 12.3. The van der Waals surface area contributed by atoms with Crippen LogP contribution in [0.5, 0.6) is 5.75 Å². The number of rotatable bonds is 4. The second-order valence-corrected chi connectivity index (χ2v) is 4.05. The van der Waals surface area contributed by atoms with Crippen molar-refractivity contribution in [2.75, 3.05) is 0 Å². The molecule has 1 heterocycles. The number of aryl methyl sites for hydroxylation is 2. The molecule has 0 saturated carbocycles. The lowest BCUT2D eigenvalue weighted by atomic mass is 10.1. The van der Waals surface area contributed by atoms with Crippen LogP contribution in [-0.2, 0) is 13.0 Å².